The first-order chi connectivity index (χ1) is 14.0. The third-order valence-electron chi connectivity index (χ3n) is 4.38. The zero-order valence-electron chi connectivity index (χ0n) is 15.7. The molecule has 150 valence electrons. The summed E-state index contributed by atoms with van der Waals surface area (Å²) >= 11 is 1.34. The molecule has 1 aromatic heterocycles. The van der Waals surface area contributed by atoms with Crippen LogP contribution in [0.5, 0.6) is 5.75 Å². The maximum atomic E-state index is 12.8. The van der Waals surface area contributed by atoms with Crippen molar-refractivity contribution in [2.24, 2.45) is 0 Å². The molecule has 0 fully saturated rings. The molecular formula is C20H20N4O4S. The molecule has 0 amide bonds. The third kappa shape index (κ3) is 5.14. The van der Waals surface area contributed by atoms with Crippen molar-refractivity contribution in [1.29, 1.82) is 0 Å². The second-order valence-corrected chi connectivity index (χ2v) is 7.25. The third-order valence-corrected chi connectivity index (χ3v) is 5.32. The maximum Gasteiger partial charge on any atom is 0.257 e. The molecule has 3 rings (SSSR count). The number of rotatable bonds is 8. The number of benzene rings is 2. The van der Waals surface area contributed by atoms with E-state index in [0.29, 0.717) is 22.2 Å². The van der Waals surface area contributed by atoms with E-state index in [-0.39, 0.29) is 11.4 Å². The lowest BCUT2D eigenvalue weighted by Gasteiger charge is -2.15. The van der Waals surface area contributed by atoms with E-state index in [0.717, 1.165) is 5.56 Å². The number of nitrogen functional groups attached to an aromatic ring is 1. The topological polar surface area (TPSA) is 124 Å². The number of aromatic amines is 1. The van der Waals surface area contributed by atoms with Crippen LogP contribution in [0.3, 0.4) is 0 Å². The van der Waals surface area contributed by atoms with Crippen LogP contribution in [0.1, 0.15) is 22.6 Å². The molecule has 1 atom stereocenters. The molecule has 0 saturated carbocycles. The number of anilines is 1. The molecule has 0 radical (unpaired) electrons. The zero-order chi connectivity index (χ0) is 20.8. The summed E-state index contributed by atoms with van der Waals surface area (Å²) in [5.41, 5.74) is 7.35. The van der Waals surface area contributed by atoms with Gasteiger partial charge >= 0.3 is 0 Å². The quantitative estimate of drug-likeness (QED) is 0.252. The van der Waals surface area contributed by atoms with Gasteiger partial charge in [0.05, 0.1) is 18.6 Å². The fraction of sp³-hybridized carbons (Fsp3) is 0.200. The number of hydrogen-bond acceptors (Lipinski definition) is 7. The standard InChI is InChI=1S/C20H20N4O4S/c1-28-15-9-7-14(8-10-15)16(11-24(26)27)17-18(21)22-20(23-19(17)25)29-12-13-5-3-2-4-6-13/h2-10,16H,11-12H2,1H3,(H3,21,22,23,25). The van der Waals surface area contributed by atoms with Crippen molar-refractivity contribution in [3.63, 3.8) is 0 Å². The molecule has 3 N–H and O–H groups in total. The van der Waals surface area contributed by atoms with Gasteiger partial charge in [-0.2, -0.15) is 0 Å². The van der Waals surface area contributed by atoms with Crippen LogP contribution in [0.2, 0.25) is 0 Å². The van der Waals surface area contributed by atoms with Gasteiger partial charge in [0.25, 0.3) is 5.56 Å². The maximum absolute atomic E-state index is 12.8. The number of ether oxygens (including phenoxy) is 1. The van der Waals surface area contributed by atoms with Gasteiger partial charge in [-0.25, -0.2) is 4.98 Å². The molecule has 9 heteroatoms. The number of thioether (sulfide) groups is 1. The normalized spacial score (nSPS) is 11.8. The van der Waals surface area contributed by atoms with Gasteiger partial charge in [-0.3, -0.25) is 14.9 Å². The highest BCUT2D eigenvalue weighted by atomic mass is 32.2. The van der Waals surface area contributed by atoms with Gasteiger partial charge < -0.3 is 15.5 Å². The molecule has 0 bridgehead atoms. The number of aromatic nitrogens is 2. The van der Waals surface area contributed by atoms with Crippen molar-refractivity contribution in [3.8, 4) is 5.75 Å². The van der Waals surface area contributed by atoms with Gasteiger partial charge in [-0.15, -0.1) is 0 Å². The van der Waals surface area contributed by atoms with E-state index >= 15 is 0 Å². The van der Waals surface area contributed by atoms with Crippen LogP contribution < -0.4 is 16.0 Å². The summed E-state index contributed by atoms with van der Waals surface area (Å²) < 4.78 is 5.12. The molecule has 2 aromatic carbocycles. The van der Waals surface area contributed by atoms with Crippen LogP contribution in [0, 0.1) is 10.1 Å². The Morgan fingerprint density at radius 1 is 1.21 bits per heavy atom. The Kier molecular flexibility index (Phi) is 6.50. The molecule has 8 nitrogen and oxygen atoms in total. The molecule has 0 saturated heterocycles. The van der Waals surface area contributed by atoms with Crippen LogP contribution in [-0.4, -0.2) is 28.5 Å². The summed E-state index contributed by atoms with van der Waals surface area (Å²) in [6.07, 6.45) is 0. The number of nitrogens with two attached hydrogens (primary N) is 1. The number of hydrogen-bond donors (Lipinski definition) is 2. The van der Waals surface area contributed by atoms with Crippen LogP contribution in [0.4, 0.5) is 5.82 Å². The fourth-order valence-corrected chi connectivity index (χ4v) is 3.78. The van der Waals surface area contributed by atoms with Crippen molar-refractivity contribution in [1.82, 2.24) is 9.97 Å². The van der Waals surface area contributed by atoms with E-state index in [1.165, 1.54) is 18.9 Å². The van der Waals surface area contributed by atoms with Crippen LogP contribution in [-0.2, 0) is 5.75 Å². The average molecular weight is 412 g/mol. The number of nitro groups is 1. The van der Waals surface area contributed by atoms with Crippen molar-refractivity contribution in [2.75, 3.05) is 19.4 Å². The Hall–Kier alpha value is -3.33. The number of nitrogens with one attached hydrogen (secondary N) is 1. The minimum atomic E-state index is -0.819. The monoisotopic (exact) mass is 412 g/mol. The van der Waals surface area contributed by atoms with Gasteiger partial charge in [-0.05, 0) is 23.3 Å². The van der Waals surface area contributed by atoms with Gasteiger partial charge in [0.1, 0.15) is 11.6 Å². The summed E-state index contributed by atoms with van der Waals surface area (Å²) in [6.45, 7) is -0.474. The molecule has 3 aromatic rings. The fourth-order valence-electron chi connectivity index (χ4n) is 2.96. The van der Waals surface area contributed by atoms with Gasteiger partial charge in [0, 0.05) is 10.7 Å². The lowest BCUT2D eigenvalue weighted by molar-refractivity contribution is -0.481. The van der Waals surface area contributed by atoms with Gasteiger partial charge in [0.2, 0.25) is 6.54 Å². The molecule has 0 aliphatic carbocycles. The van der Waals surface area contributed by atoms with Crippen LogP contribution >= 0.6 is 11.8 Å². The Labute approximate surface area is 171 Å². The highest BCUT2D eigenvalue weighted by Gasteiger charge is 2.27. The highest BCUT2D eigenvalue weighted by molar-refractivity contribution is 7.98. The highest BCUT2D eigenvalue weighted by Crippen LogP contribution is 2.28. The van der Waals surface area contributed by atoms with E-state index in [4.69, 9.17) is 10.5 Å². The smallest absolute Gasteiger partial charge is 0.257 e. The molecular weight excluding hydrogens is 392 g/mol. The first-order valence-corrected chi connectivity index (χ1v) is 9.78. The first kappa shape index (κ1) is 20.4. The second kappa shape index (κ2) is 9.24. The minimum absolute atomic E-state index is 0.00743. The summed E-state index contributed by atoms with van der Waals surface area (Å²) in [4.78, 5) is 30.5. The Morgan fingerprint density at radius 2 is 1.90 bits per heavy atom. The van der Waals surface area contributed by atoms with Crippen molar-refractivity contribution in [2.45, 2.75) is 16.8 Å². The molecule has 0 aliphatic heterocycles. The van der Waals surface area contributed by atoms with E-state index in [2.05, 4.69) is 9.97 Å². The van der Waals surface area contributed by atoms with Gasteiger partial charge in [-0.1, -0.05) is 54.2 Å². The van der Waals surface area contributed by atoms with Crippen molar-refractivity contribution in [3.05, 3.63) is 91.8 Å². The number of nitrogens with zero attached hydrogens (tertiary/aromatic N) is 2. The average Bonchev–Trinajstić information content (AvgIpc) is 2.71. The Bertz CT molecular complexity index is 1040. The molecule has 29 heavy (non-hydrogen) atoms. The zero-order valence-corrected chi connectivity index (χ0v) is 16.5. The van der Waals surface area contributed by atoms with E-state index in [1.807, 2.05) is 30.3 Å². The molecule has 0 spiro atoms. The van der Waals surface area contributed by atoms with Crippen molar-refractivity contribution < 1.29 is 9.66 Å². The SMILES string of the molecule is COc1ccc(C(C[N+](=O)[O-])c2c(N)nc(SCc3ccccc3)[nH]c2=O)cc1. The summed E-state index contributed by atoms with van der Waals surface area (Å²) in [7, 11) is 1.53. The van der Waals surface area contributed by atoms with E-state index in [1.54, 1.807) is 24.3 Å². The van der Waals surface area contributed by atoms with Gasteiger partial charge in [0.15, 0.2) is 5.16 Å². The summed E-state index contributed by atoms with van der Waals surface area (Å²) in [5, 5.41) is 11.6. The molecule has 0 aliphatic rings. The van der Waals surface area contributed by atoms with E-state index < -0.39 is 22.9 Å². The number of methoxy groups -OCH3 is 1. The predicted octanol–water partition coefficient (Wildman–Crippen LogP) is 3.06. The predicted molar refractivity (Wildman–Crippen MR) is 112 cm³/mol. The summed E-state index contributed by atoms with van der Waals surface area (Å²) in [5.74, 6) is 0.396. The first-order valence-electron chi connectivity index (χ1n) is 8.80. The van der Waals surface area contributed by atoms with Crippen molar-refractivity contribution >= 4 is 17.6 Å². The summed E-state index contributed by atoms with van der Waals surface area (Å²) in [6, 6.07) is 16.5. The largest absolute Gasteiger partial charge is 0.497 e. The number of H-pyrrole nitrogens is 1. The Balaban J connectivity index is 1.91. The minimum Gasteiger partial charge on any atom is -0.497 e. The lowest BCUT2D eigenvalue weighted by Crippen LogP contribution is -2.26. The van der Waals surface area contributed by atoms with Crippen LogP contribution in [0.25, 0.3) is 0 Å². The second-order valence-electron chi connectivity index (χ2n) is 6.29. The lowest BCUT2D eigenvalue weighted by atomic mass is 9.92. The van der Waals surface area contributed by atoms with Crippen LogP contribution in [0.15, 0.2) is 64.5 Å². The van der Waals surface area contributed by atoms with E-state index in [9.17, 15) is 14.9 Å². The Morgan fingerprint density at radius 3 is 2.48 bits per heavy atom. The molecule has 1 heterocycles. The molecule has 1 unspecified atom stereocenters.